The number of likely N-dealkylation sites (N-methyl/N-ethyl adjacent to an activating group) is 1. The van der Waals surface area contributed by atoms with Crippen molar-refractivity contribution < 1.29 is 9.59 Å². The number of rotatable bonds is 5. The minimum atomic E-state index is 0.00497. The summed E-state index contributed by atoms with van der Waals surface area (Å²) in [4.78, 5) is 25.1. The van der Waals surface area contributed by atoms with Gasteiger partial charge in [-0.3, -0.25) is 4.79 Å². The first-order valence-corrected chi connectivity index (χ1v) is 6.89. The molecule has 1 aliphatic rings. The molecule has 0 fully saturated rings. The average molecular weight is 264 g/mol. The van der Waals surface area contributed by atoms with Crippen LogP contribution in [-0.4, -0.2) is 38.1 Å². The lowest BCUT2D eigenvalue weighted by molar-refractivity contribution is -0.117. The van der Waals surface area contributed by atoms with Crippen LogP contribution in [0.25, 0.3) is 0 Å². The van der Waals surface area contributed by atoms with E-state index in [1.54, 1.807) is 4.90 Å². The van der Waals surface area contributed by atoms with Crippen molar-refractivity contribution in [1.29, 1.82) is 0 Å². The number of fused-ring (bicyclic) bond motifs is 1. The summed E-state index contributed by atoms with van der Waals surface area (Å²) in [5.74, 6) is 0.418. The highest BCUT2D eigenvalue weighted by atomic mass is 32.2. The molecular formula is C13H16N2O2S. The van der Waals surface area contributed by atoms with Gasteiger partial charge in [-0.05, 0) is 37.7 Å². The summed E-state index contributed by atoms with van der Waals surface area (Å²) in [5.41, 5.74) is 2.05. The minimum absolute atomic E-state index is 0.00497. The van der Waals surface area contributed by atoms with Gasteiger partial charge in [0.05, 0.1) is 18.0 Å². The van der Waals surface area contributed by atoms with Crippen molar-refractivity contribution in [3.8, 4) is 0 Å². The molecule has 0 atom stereocenters. The molecule has 96 valence electrons. The number of thioether (sulfide) groups is 1. The van der Waals surface area contributed by atoms with E-state index in [1.165, 1.54) is 17.3 Å². The van der Waals surface area contributed by atoms with Gasteiger partial charge in [0, 0.05) is 4.90 Å². The molecule has 1 amide bonds. The van der Waals surface area contributed by atoms with Gasteiger partial charge in [0.15, 0.2) is 0 Å². The summed E-state index contributed by atoms with van der Waals surface area (Å²) in [5, 5.41) is 3.10. The number of nitrogens with one attached hydrogen (secondary N) is 1. The van der Waals surface area contributed by atoms with E-state index in [4.69, 9.17) is 0 Å². The lowest BCUT2D eigenvalue weighted by Gasteiger charge is -2.27. The van der Waals surface area contributed by atoms with Gasteiger partial charge >= 0.3 is 0 Å². The number of aldehydes is 1. The molecule has 1 heterocycles. The molecule has 0 radical (unpaired) electrons. The van der Waals surface area contributed by atoms with Gasteiger partial charge in [0.25, 0.3) is 0 Å². The van der Waals surface area contributed by atoms with Crippen LogP contribution in [0.5, 0.6) is 0 Å². The molecular weight excluding hydrogens is 248 g/mol. The fraction of sp³-hybridized carbons (Fsp3) is 0.385. The molecule has 0 unspecified atom stereocenters. The number of carbonyl (C=O) groups is 2. The summed E-state index contributed by atoms with van der Waals surface area (Å²) in [7, 11) is 1.91. The number of benzene rings is 1. The Kier molecular flexibility index (Phi) is 4.38. The van der Waals surface area contributed by atoms with Crippen LogP contribution in [0.15, 0.2) is 23.1 Å². The Hall–Kier alpha value is -1.33. The van der Waals surface area contributed by atoms with Crippen molar-refractivity contribution >= 4 is 29.6 Å². The molecule has 1 aliphatic heterocycles. The Balaban J connectivity index is 2.29. The zero-order chi connectivity index (χ0) is 13.0. The van der Waals surface area contributed by atoms with E-state index in [2.05, 4.69) is 11.4 Å². The minimum Gasteiger partial charge on any atom is -0.319 e. The van der Waals surface area contributed by atoms with E-state index in [0.29, 0.717) is 5.75 Å². The Morgan fingerprint density at radius 2 is 2.33 bits per heavy atom. The lowest BCUT2D eigenvalue weighted by atomic mass is 10.1. The topological polar surface area (TPSA) is 49.4 Å². The molecule has 5 heteroatoms. The predicted molar refractivity (Wildman–Crippen MR) is 73.2 cm³/mol. The van der Waals surface area contributed by atoms with Crippen molar-refractivity contribution in [2.45, 2.75) is 11.3 Å². The lowest BCUT2D eigenvalue weighted by Crippen LogP contribution is -2.36. The van der Waals surface area contributed by atoms with Gasteiger partial charge in [0.1, 0.15) is 6.29 Å². The first-order valence-electron chi connectivity index (χ1n) is 5.90. The Morgan fingerprint density at radius 3 is 3.06 bits per heavy atom. The molecule has 0 saturated heterocycles. The summed E-state index contributed by atoms with van der Waals surface area (Å²) in [6, 6.07) is 6.13. The monoisotopic (exact) mass is 264 g/mol. The Labute approximate surface area is 111 Å². The van der Waals surface area contributed by atoms with Gasteiger partial charge in [-0.25, -0.2) is 0 Å². The number of carbonyl (C=O) groups excluding carboxylic acids is 2. The number of hydrogen-bond donors (Lipinski definition) is 1. The number of anilines is 1. The summed E-state index contributed by atoms with van der Waals surface area (Å²) < 4.78 is 0. The van der Waals surface area contributed by atoms with Gasteiger partial charge in [-0.15, -0.1) is 11.8 Å². The molecule has 1 aromatic carbocycles. The van der Waals surface area contributed by atoms with E-state index >= 15 is 0 Å². The normalized spacial score (nSPS) is 14.5. The molecule has 0 spiro atoms. The largest absolute Gasteiger partial charge is 0.319 e. The highest BCUT2D eigenvalue weighted by Gasteiger charge is 2.24. The zero-order valence-electron chi connectivity index (χ0n) is 10.3. The van der Waals surface area contributed by atoms with Gasteiger partial charge in [0.2, 0.25) is 5.91 Å². The number of amides is 1. The highest BCUT2D eigenvalue weighted by molar-refractivity contribution is 8.00. The summed E-state index contributed by atoms with van der Waals surface area (Å²) in [6.07, 6.45) is 1.69. The molecule has 0 bridgehead atoms. The maximum absolute atomic E-state index is 11.8. The molecule has 1 aromatic rings. The van der Waals surface area contributed by atoms with Crippen LogP contribution in [0.1, 0.15) is 5.56 Å². The SMILES string of the molecule is CNCCc1ccc2c(c1)N(CC=O)C(=O)CS2. The fourth-order valence-electron chi connectivity index (χ4n) is 1.95. The molecule has 2 rings (SSSR count). The van der Waals surface area contributed by atoms with Crippen LogP contribution in [0, 0.1) is 0 Å². The summed E-state index contributed by atoms with van der Waals surface area (Å²) >= 11 is 1.54. The standard InChI is InChI=1S/C13H16N2O2S/c1-14-5-4-10-2-3-12-11(8-10)15(6-7-16)13(17)9-18-12/h2-3,7-8,14H,4-6,9H2,1H3. The van der Waals surface area contributed by atoms with E-state index in [-0.39, 0.29) is 12.5 Å². The first kappa shape index (κ1) is 13.1. The quantitative estimate of drug-likeness (QED) is 0.809. The van der Waals surface area contributed by atoms with Crippen LogP contribution in [0.4, 0.5) is 5.69 Å². The molecule has 0 aromatic heterocycles. The molecule has 0 aliphatic carbocycles. The van der Waals surface area contributed by atoms with Gasteiger partial charge < -0.3 is 15.0 Å². The van der Waals surface area contributed by atoms with Crippen LogP contribution in [-0.2, 0) is 16.0 Å². The maximum Gasteiger partial charge on any atom is 0.237 e. The Bertz CT molecular complexity index is 462. The van der Waals surface area contributed by atoms with Crippen molar-refractivity contribution in [2.24, 2.45) is 0 Å². The van der Waals surface area contributed by atoms with Gasteiger partial charge in [-0.2, -0.15) is 0 Å². The molecule has 4 nitrogen and oxygen atoms in total. The van der Waals surface area contributed by atoms with Crippen molar-refractivity contribution in [1.82, 2.24) is 5.32 Å². The molecule has 18 heavy (non-hydrogen) atoms. The zero-order valence-corrected chi connectivity index (χ0v) is 11.1. The van der Waals surface area contributed by atoms with Crippen LogP contribution in [0.2, 0.25) is 0 Å². The average Bonchev–Trinajstić information content (AvgIpc) is 2.39. The van der Waals surface area contributed by atoms with Crippen molar-refractivity contribution in [2.75, 3.05) is 30.8 Å². The van der Waals surface area contributed by atoms with Gasteiger partial charge in [-0.1, -0.05) is 6.07 Å². The second-order valence-corrected chi connectivity index (χ2v) is 5.13. The predicted octanol–water partition coefficient (Wildman–Crippen LogP) is 1.09. The first-order chi connectivity index (χ1) is 8.76. The highest BCUT2D eigenvalue weighted by Crippen LogP contribution is 2.35. The second-order valence-electron chi connectivity index (χ2n) is 4.12. The van der Waals surface area contributed by atoms with Crippen molar-refractivity contribution in [3.63, 3.8) is 0 Å². The van der Waals surface area contributed by atoms with E-state index in [0.717, 1.165) is 29.8 Å². The van der Waals surface area contributed by atoms with E-state index in [9.17, 15) is 9.59 Å². The molecule has 1 N–H and O–H groups in total. The third-order valence-electron chi connectivity index (χ3n) is 2.89. The van der Waals surface area contributed by atoms with E-state index < -0.39 is 0 Å². The van der Waals surface area contributed by atoms with Crippen molar-refractivity contribution in [3.05, 3.63) is 23.8 Å². The second kappa shape index (κ2) is 6.02. The van der Waals surface area contributed by atoms with Crippen LogP contribution < -0.4 is 10.2 Å². The number of nitrogens with zero attached hydrogens (tertiary/aromatic N) is 1. The third-order valence-corrected chi connectivity index (χ3v) is 3.93. The maximum atomic E-state index is 11.8. The van der Waals surface area contributed by atoms with Crippen LogP contribution >= 0.6 is 11.8 Å². The molecule has 0 saturated carbocycles. The third kappa shape index (κ3) is 2.73. The summed E-state index contributed by atoms with van der Waals surface area (Å²) in [6.45, 7) is 1.04. The number of hydrogen-bond acceptors (Lipinski definition) is 4. The smallest absolute Gasteiger partial charge is 0.237 e. The van der Waals surface area contributed by atoms with Crippen LogP contribution in [0.3, 0.4) is 0 Å². The Morgan fingerprint density at radius 1 is 1.50 bits per heavy atom. The fourth-order valence-corrected chi connectivity index (χ4v) is 2.86. The van der Waals surface area contributed by atoms with E-state index in [1.807, 2.05) is 19.2 Å².